The molecule has 1 N–H and O–H groups in total. The van der Waals surface area contributed by atoms with Gasteiger partial charge >= 0.3 is 0 Å². The van der Waals surface area contributed by atoms with Crippen molar-refractivity contribution in [3.8, 4) is 11.5 Å². The van der Waals surface area contributed by atoms with E-state index >= 15 is 0 Å². The minimum Gasteiger partial charge on any atom is -0.497 e. The smallest absolute Gasteiger partial charge is 0.224 e. The average molecular weight is 399 g/mol. The topological polar surface area (TPSA) is 60.0 Å². The number of anilines is 2. The van der Waals surface area contributed by atoms with Crippen molar-refractivity contribution in [3.05, 3.63) is 48.0 Å². The number of aryl methyl sites for hydroxylation is 1. The Morgan fingerprint density at radius 3 is 2.48 bits per heavy atom. The van der Waals surface area contributed by atoms with Crippen LogP contribution in [0.5, 0.6) is 11.5 Å². The maximum absolute atomic E-state index is 12.4. The number of nitrogens with zero attached hydrogens (tertiary/aromatic N) is 1. The molecular weight excluding hydrogens is 368 g/mol. The van der Waals surface area contributed by atoms with Crippen LogP contribution in [0.1, 0.15) is 24.8 Å². The van der Waals surface area contributed by atoms with E-state index in [1.807, 2.05) is 30.3 Å². The molecule has 0 bridgehead atoms. The number of ether oxygens (including phenoxy) is 3. The Kier molecular flexibility index (Phi) is 7.76. The summed E-state index contributed by atoms with van der Waals surface area (Å²) in [6.07, 6.45) is 3.24. The summed E-state index contributed by atoms with van der Waals surface area (Å²) in [5, 5.41) is 3.02. The Morgan fingerprint density at radius 2 is 1.79 bits per heavy atom. The van der Waals surface area contributed by atoms with Gasteiger partial charge in [0, 0.05) is 25.2 Å². The van der Waals surface area contributed by atoms with Gasteiger partial charge in [-0.15, -0.1) is 0 Å². The van der Waals surface area contributed by atoms with Crippen LogP contribution in [0.4, 0.5) is 11.4 Å². The molecule has 0 radical (unpaired) electrons. The fourth-order valence-electron chi connectivity index (χ4n) is 3.43. The van der Waals surface area contributed by atoms with Gasteiger partial charge in [-0.25, -0.2) is 0 Å². The first-order valence-electron chi connectivity index (χ1n) is 10.1. The molecule has 1 fully saturated rings. The Bertz CT molecular complexity index is 786. The van der Waals surface area contributed by atoms with Crippen LogP contribution in [0.15, 0.2) is 42.5 Å². The van der Waals surface area contributed by atoms with Crippen molar-refractivity contribution in [3.63, 3.8) is 0 Å². The van der Waals surface area contributed by atoms with Crippen LogP contribution >= 0.6 is 0 Å². The molecule has 1 amide bonds. The fourth-order valence-corrected chi connectivity index (χ4v) is 3.43. The summed E-state index contributed by atoms with van der Waals surface area (Å²) in [4.78, 5) is 14.7. The highest BCUT2D eigenvalue weighted by Gasteiger charge is 2.14. The maximum atomic E-state index is 12.4. The molecule has 3 rings (SSSR count). The SMILES string of the molecule is COc1ccc(CCCCC(=O)Nc2cc(N3CCOCC3)ccc2OC)cc1. The van der Waals surface area contributed by atoms with Gasteiger partial charge in [-0.1, -0.05) is 12.1 Å². The first kappa shape index (κ1) is 21.0. The van der Waals surface area contributed by atoms with Crippen LogP contribution in [-0.4, -0.2) is 46.4 Å². The van der Waals surface area contributed by atoms with E-state index in [1.165, 1.54) is 5.56 Å². The third-order valence-electron chi connectivity index (χ3n) is 5.11. The summed E-state index contributed by atoms with van der Waals surface area (Å²) < 4.78 is 16.0. The molecule has 1 aliphatic rings. The van der Waals surface area contributed by atoms with Gasteiger partial charge < -0.3 is 24.4 Å². The number of rotatable bonds is 9. The molecule has 0 atom stereocenters. The Hall–Kier alpha value is -2.73. The third-order valence-corrected chi connectivity index (χ3v) is 5.11. The van der Waals surface area contributed by atoms with Crippen LogP contribution in [0.25, 0.3) is 0 Å². The van der Waals surface area contributed by atoms with Crippen molar-refractivity contribution in [2.45, 2.75) is 25.7 Å². The number of methoxy groups -OCH3 is 2. The van der Waals surface area contributed by atoms with Crippen LogP contribution in [0.2, 0.25) is 0 Å². The monoisotopic (exact) mass is 398 g/mol. The lowest BCUT2D eigenvalue weighted by Crippen LogP contribution is -2.36. The highest BCUT2D eigenvalue weighted by molar-refractivity contribution is 5.93. The van der Waals surface area contributed by atoms with Crippen molar-refractivity contribution < 1.29 is 19.0 Å². The number of nitrogens with one attached hydrogen (secondary N) is 1. The van der Waals surface area contributed by atoms with Crippen molar-refractivity contribution >= 4 is 17.3 Å². The zero-order valence-corrected chi connectivity index (χ0v) is 17.3. The summed E-state index contributed by atoms with van der Waals surface area (Å²) in [7, 11) is 3.29. The normalized spacial score (nSPS) is 13.8. The van der Waals surface area contributed by atoms with E-state index in [9.17, 15) is 4.79 Å². The Labute approximate surface area is 172 Å². The molecule has 0 aromatic heterocycles. The lowest BCUT2D eigenvalue weighted by atomic mass is 10.1. The number of benzene rings is 2. The van der Waals surface area contributed by atoms with Crippen LogP contribution in [0.3, 0.4) is 0 Å². The van der Waals surface area contributed by atoms with E-state index in [1.54, 1.807) is 14.2 Å². The molecular formula is C23H30N2O4. The summed E-state index contributed by atoms with van der Waals surface area (Å²) >= 11 is 0. The highest BCUT2D eigenvalue weighted by Crippen LogP contribution is 2.30. The second-order valence-electron chi connectivity index (χ2n) is 7.09. The lowest BCUT2D eigenvalue weighted by Gasteiger charge is -2.29. The number of carbonyl (C=O) groups excluding carboxylic acids is 1. The Balaban J connectivity index is 1.49. The number of carbonyl (C=O) groups is 1. The molecule has 6 nitrogen and oxygen atoms in total. The summed E-state index contributed by atoms with van der Waals surface area (Å²) in [6, 6.07) is 14.0. The lowest BCUT2D eigenvalue weighted by molar-refractivity contribution is -0.116. The van der Waals surface area contributed by atoms with Gasteiger partial charge in [0.2, 0.25) is 5.91 Å². The van der Waals surface area contributed by atoms with Gasteiger partial charge in [0.15, 0.2) is 0 Å². The number of hydrogen-bond acceptors (Lipinski definition) is 5. The van der Waals surface area contributed by atoms with Gasteiger partial charge in [-0.3, -0.25) is 4.79 Å². The van der Waals surface area contributed by atoms with Crippen molar-refractivity contribution in [2.75, 3.05) is 50.7 Å². The second kappa shape index (κ2) is 10.7. The quantitative estimate of drug-likeness (QED) is 0.650. The molecule has 1 saturated heterocycles. The number of hydrogen-bond donors (Lipinski definition) is 1. The van der Waals surface area contributed by atoms with E-state index in [-0.39, 0.29) is 5.91 Å². The summed E-state index contributed by atoms with van der Waals surface area (Å²) in [6.45, 7) is 3.15. The van der Waals surface area contributed by atoms with E-state index in [0.717, 1.165) is 62.7 Å². The summed E-state index contributed by atoms with van der Waals surface area (Å²) in [5.41, 5.74) is 3.05. The van der Waals surface area contributed by atoms with Crippen LogP contribution < -0.4 is 19.7 Å². The molecule has 29 heavy (non-hydrogen) atoms. The predicted octanol–water partition coefficient (Wildman–Crippen LogP) is 3.89. The predicted molar refractivity (Wildman–Crippen MR) is 115 cm³/mol. The van der Waals surface area contributed by atoms with Crippen molar-refractivity contribution in [1.82, 2.24) is 0 Å². The van der Waals surface area contributed by atoms with Gasteiger partial charge in [-0.05, 0) is 55.2 Å². The van der Waals surface area contributed by atoms with Gasteiger partial charge in [0.1, 0.15) is 11.5 Å². The zero-order chi connectivity index (χ0) is 20.5. The van der Waals surface area contributed by atoms with E-state index in [2.05, 4.69) is 22.3 Å². The number of unbranched alkanes of at least 4 members (excludes halogenated alkanes) is 1. The molecule has 0 unspecified atom stereocenters. The molecule has 0 saturated carbocycles. The molecule has 0 aliphatic carbocycles. The third kappa shape index (κ3) is 6.12. The van der Waals surface area contributed by atoms with Crippen molar-refractivity contribution in [2.24, 2.45) is 0 Å². The minimum atomic E-state index is 0.0113. The van der Waals surface area contributed by atoms with Gasteiger partial charge in [-0.2, -0.15) is 0 Å². The van der Waals surface area contributed by atoms with Crippen molar-refractivity contribution in [1.29, 1.82) is 0 Å². The maximum Gasteiger partial charge on any atom is 0.224 e. The number of morpholine rings is 1. The molecule has 2 aromatic carbocycles. The van der Waals surface area contributed by atoms with E-state index in [4.69, 9.17) is 14.2 Å². The molecule has 6 heteroatoms. The second-order valence-corrected chi connectivity index (χ2v) is 7.09. The van der Waals surface area contributed by atoms with Crippen LogP contribution in [0, 0.1) is 0 Å². The van der Waals surface area contributed by atoms with E-state index in [0.29, 0.717) is 12.2 Å². The first-order valence-corrected chi connectivity index (χ1v) is 10.1. The Morgan fingerprint density at radius 1 is 1.03 bits per heavy atom. The first-order chi connectivity index (χ1) is 14.2. The fraction of sp³-hybridized carbons (Fsp3) is 0.435. The minimum absolute atomic E-state index is 0.0113. The molecule has 2 aromatic rings. The van der Waals surface area contributed by atoms with Gasteiger partial charge in [0.05, 0.1) is 33.1 Å². The molecule has 156 valence electrons. The zero-order valence-electron chi connectivity index (χ0n) is 17.3. The van der Waals surface area contributed by atoms with E-state index < -0.39 is 0 Å². The largest absolute Gasteiger partial charge is 0.497 e. The average Bonchev–Trinajstić information content (AvgIpc) is 2.77. The van der Waals surface area contributed by atoms with Gasteiger partial charge in [0.25, 0.3) is 0 Å². The molecule has 1 heterocycles. The number of amides is 1. The van der Waals surface area contributed by atoms with Crippen LogP contribution in [-0.2, 0) is 16.0 Å². The molecule has 1 aliphatic heterocycles. The highest BCUT2D eigenvalue weighted by atomic mass is 16.5. The molecule has 0 spiro atoms. The standard InChI is InChI=1S/C23H30N2O4/c1-27-20-10-7-18(8-11-20)5-3-4-6-23(26)24-21-17-19(9-12-22(21)28-2)25-13-15-29-16-14-25/h7-12,17H,3-6,13-16H2,1-2H3,(H,24,26). The summed E-state index contributed by atoms with van der Waals surface area (Å²) in [5.74, 6) is 1.55.